The highest BCUT2D eigenvalue weighted by Crippen LogP contribution is 2.23. The highest BCUT2D eigenvalue weighted by atomic mass is 32.2. The number of sulfonamides is 1. The molecule has 2 rings (SSSR count). The number of nitrogens with one attached hydrogen (secondary N) is 2. The quantitative estimate of drug-likeness (QED) is 0.716. The number of hydrogen-bond acceptors (Lipinski definition) is 5. The van der Waals surface area contributed by atoms with E-state index >= 15 is 0 Å². The molecular formula is C19H25N3O4S. The molecular weight excluding hydrogens is 366 g/mol. The lowest BCUT2D eigenvalue weighted by Crippen LogP contribution is -2.31. The van der Waals surface area contributed by atoms with E-state index in [-0.39, 0.29) is 16.8 Å². The Balaban J connectivity index is 2.17. The van der Waals surface area contributed by atoms with Crippen LogP contribution in [-0.4, -0.2) is 25.5 Å². The molecule has 27 heavy (non-hydrogen) atoms. The lowest BCUT2D eigenvalue weighted by Gasteiger charge is -2.12. The maximum atomic E-state index is 12.3. The predicted octanol–water partition coefficient (Wildman–Crippen LogP) is 3.58. The lowest BCUT2D eigenvalue weighted by atomic mass is 10.2. The maximum absolute atomic E-state index is 12.3. The van der Waals surface area contributed by atoms with Gasteiger partial charge in [-0.25, -0.2) is 13.1 Å². The molecule has 1 unspecified atom stereocenters. The van der Waals surface area contributed by atoms with Crippen molar-refractivity contribution in [3.8, 4) is 0 Å². The fourth-order valence-electron chi connectivity index (χ4n) is 2.23. The van der Waals surface area contributed by atoms with Crippen molar-refractivity contribution in [2.24, 2.45) is 0 Å². The molecule has 0 saturated heterocycles. The summed E-state index contributed by atoms with van der Waals surface area (Å²) >= 11 is 0. The van der Waals surface area contributed by atoms with Crippen LogP contribution in [0.5, 0.6) is 0 Å². The van der Waals surface area contributed by atoms with Gasteiger partial charge in [-0.3, -0.25) is 4.79 Å². The number of aromatic nitrogens is 1. The monoisotopic (exact) mass is 391 g/mol. The van der Waals surface area contributed by atoms with Crippen LogP contribution in [0.15, 0.2) is 33.7 Å². The van der Waals surface area contributed by atoms with Crippen LogP contribution >= 0.6 is 0 Å². The Kier molecular flexibility index (Phi) is 6.92. The number of benzene rings is 1. The van der Waals surface area contributed by atoms with E-state index in [9.17, 15) is 13.2 Å². The van der Waals surface area contributed by atoms with E-state index in [2.05, 4.69) is 15.2 Å². The van der Waals surface area contributed by atoms with Gasteiger partial charge in [0.25, 0.3) is 0 Å². The molecule has 0 aliphatic heterocycles. The van der Waals surface area contributed by atoms with Crippen molar-refractivity contribution in [2.45, 2.75) is 51.5 Å². The van der Waals surface area contributed by atoms with Gasteiger partial charge in [0.1, 0.15) is 11.4 Å². The molecule has 1 amide bonds. The Labute approximate surface area is 159 Å². The van der Waals surface area contributed by atoms with E-state index < -0.39 is 10.0 Å². The van der Waals surface area contributed by atoms with Crippen molar-refractivity contribution in [3.63, 3.8) is 0 Å². The van der Waals surface area contributed by atoms with E-state index in [1.807, 2.05) is 13.8 Å². The standard InChI is InChI=1S/C19H25N3O4S/c1-5-13(3)22-27(24,25)16-10-7-15(8-11-16)9-12-17-19(14(4)21-26-17)20-18(23)6-2/h7-13,22H,5-6H2,1-4H3,(H,20,23)/b12-9-. The second-order valence-corrected chi connectivity index (χ2v) is 7.96. The summed E-state index contributed by atoms with van der Waals surface area (Å²) in [7, 11) is -3.53. The summed E-state index contributed by atoms with van der Waals surface area (Å²) in [6.07, 6.45) is 4.52. The summed E-state index contributed by atoms with van der Waals surface area (Å²) in [5.74, 6) is 0.309. The minimum Gasteiger partial charge on any atom is -0.354 e. The van der Waals surface area contributed by atoms with E-state index in [1.165, 1.54) is 0 Å². The summed E-state index contributed by atoms with van der Waals surface area (Å²) in [4.78, 5) is 11.8. The molecule has 8 heteroatoms. The van der Waals surface area contributed by atoms with Gasteiger partial charge in [-0.1, -0.05) is 37.2 Å². The summed E-state index contributed by atoms with van der Waals surface area (Å²) in [5, 5.41) is 6.63. The van der Waals surface area contributed by atoms with Crippen molar-refractivity contribution in [1.82, 2.24) is 9.88 Å². The Morgan fingerprint density at radius 3 is 2.48 bits per heavy atom. The van der Waals surface area contributed by atoms with Crippen molar-refractivity contribution < 1.29 is 17.7 Å². The number of carbonyl (C=O) groups excluding carboxylic acids is 1. The number of carbonyl (C=O) groups is 1. The Morgan fingerprint density at radius 2 is 1.89 bits per heavy atom. The molecule has 0 aliphatic rings. The van der Waals surface area contributed by atoms with Gasteiger partial charge in [-0.05, 0) is 44.0 Å². The van der Waals surface area contributed by atoms with Gasteiger partial charge < -0.3 is 9.84 Å². The predicted molar refractivity (Wildman–Crippen MR) is 106 cm³/mol. The number of amides is 1. The molecule has 0 bridgehead atoms. The normalized spacial score (nSPS) is 13.0. The third-order valence-electron chi connectivity index (χ3n) is 4.06. The number of rotatable bonds is 8. The van der Waals surface area contributed by atoms with Crippen LogP contribution < -0.4 is 10.0 Å². The molecule has 2 N–H and O–H groups in total. The van der Waals surface area contributed by atoms with Crippen molar-refractivity contribution >= 4 is 33.8 Å². The zero-order valence-corrected chi connectivity index (χ0v) is 16.8. The van der Waals surface area contributed by atoms with Crippen LogP contribution in [0.4, 0.5) is 5.69 Å². The molecule has 0 radical (unpaired) electrons. The van der Waals surface area contributed by atoms with Gasteiger partial charge in [-0.15, -0.1) is 0 Å². The van der Waals surface area contributed by atoms with Crippen molar-refractivity contribution in [2.75, 3.05) is 5.32 Å². The highest BCUT2D eigenvalue weighted by Gasteiger charge is 2.16. The summed E-state index contributed by atoms with van der Waals surface area (Å²) < 4.78 is 32.4. The molecule has 2 aromatic rings. The molecule has 1 heterocycles. The third-order valence-corrected chi connectivity index (χ3v) is 5.67. The summed E-state index contributed by atoms with van der Waals surface area (Å²) in [6.45, 7) is 7.25. The largest absolute Gasteiger partial charge is 0.354 e. The van der Waals surface area contributed by atoms with Crippen LogP contribution in [-0.2, 0) is 14.8 Å². The van der Waals surface area contributed by atoms with Crippen molar-refractivity contribution in [3.05, 3.63) is 41.3 Å². The molecule has 7 nitrogen and oxygen atoms in total. The molecule has 1 atom stereocenters. The number of aryl methyl sites for hydroxylation is 1. The van der Waals surface area contributed by atoms with Gasteiger partial charge in [0.15, 0.2) is 5.76 Å². The number of nitrogens with zero attached hydrogens (tertiary/aromatic N) is 1. The van der Waals surface area contributed by atoms with Gasteiger partial charge >= 0.3 is 0 Å². The second-order valence-electron chi connectivity index (χ2n) is 6.24. The van der Waals surface area contributed by atoms with Crippen LogP contribution in [0.3, 0.4) is 0 Å². The Bertz CT molecular complexity index is 915. The average molecular weight is 391 g/mol. The minimum absolute atomic E-state index is 0.124. The third kappa shape index (κ3) is 5.51. The first kappa shape index (κ1) is 20.9. The molecule has 0 aliphatic carbocycles. The molecule has 0 spiro atoms. The van der Waals surface area contributed by atoms with Gasteiger partial charge in [0.05, 0.1) is 4.90 Å². The molecule has 146 valence electrons. The lowest BCUT2D eigenvalue weighted by molar-refractivity contribution is -0.115. The first-order chi connectivity index (χ1) is 12.8. The Morgan fingerprint density at radius 1 is 1.22 bits per heavy atom. The Hall–Kier alpha value is -2.45. The van der Waals surface area contributed by atoms with Gasteiger partial charge in [-0.2, -0.15) is 0 Å². The minimum atomic E-state index is -3.53. The van der Waals surface area contributed by atoms with E-state index in [1.54, 1.807) is 50.3 Å². The van der Waals surface area contributed by atoms with E-state index in [4.69, 9.17) is 4.52 Å². The molecule has 0 fully saturated rings. The van der Waals surface area contributed by atoms with Crippen LogP contribution in [0.1, 0.15) is 50.6 Å². The first-order valence-corrected chi connectivity index (χ1v) is 10.3. The SMILES string of the molecule is CCC(=O)Nc1c(C)noc1/C=C\c1ccc(S(=O)(=O)NC(C)CC)cc1. The fourth-order valence-corrected chi connectivity index (χ4v) is 3.55. The molecule has 1 aromatic heterocycles. The zero-order chi connectivity index (χ0) is 20.0. The highest BCUT2D eigenvalue weighted by molar-refractivity contribution is 7.89. The molecule has 0 saturated carbocycles. The second kappa shape index (κ2) is 8.96. The van der Waals surface area contributed by atoms with Gasteiger partial charge in [0, 0.05) is 12.5 Å². The van der Waals surface area contributed by atoms with E-state index in [0.29, 0.717) is 30.0 Å². The summed E-state index contributed by atoms with van der Waals surface area (Å²) in [5.41, 5.74) is 1.92. The summed E-state index contributed by atoms with van der Waals surface area (Å²) in [6, 6.07) is 6.39. The van der Waals surface area contributed by atoms with Crippen LogP contribution in [0, 0.1) is 6.92 Å². The zero-order valence-electron chi connectivity index (χ0n) is 15.9. The fraction of sp³-hybridized carbons (Fsp3) is 0.368. The number of hydrogen-bond donors (Lipinski definition) is 2. The van der Waals surface area contributed by atoms with Gasteiger partial charge in [0.2, 0.25) is 15.9 Å². The van der Waals surface area contributed by atoms with Crippen molar-refractivity contribution in [1.29, 1.82) is 0 Å². The number of anilines is 1. The topological polar surface area (TPSA) is 101 Å². The maximum Gasteiger partial charge on any atom is 0.240 e. The smallest absolute Gasteiger partial charge is 0.240 e. The van der Waals surface area contributed by atoms with Crippen LogP contribution in [0.25, 0.3) is 12.2 Å². The van der Waals surface area contributed by atoms with Crippen LogP contribution in [0.2, 0.25) is 0 Å². The van der Waals surface area contributed by atoms with E-state index in [0.717, 1.165) is 5.56 Å². The molecule has 1 aromatic carbocycles. The first-order valence-electron chi connectivity index (χ1n) is 8.83. The average Bonchev–Trinajstić information content (AvgIpc) is 2.99.